The summed E-state index contributed by atoms with van der Waals surface area (Å²) in [5.74, 6) is -1.47. The largest absolute Gasteiger partial charge is 0.454 e. The Kier molecular flexibility index (Phi) is 7.59. The number of rotatable bonds is 9. The number of aryl methyl sites for hydroxylation is 1. The minimum atomic E-state index is -1.02. The van der Waals surface area contributed by atoms with Crippen LogP contribution in [0.3, 0.4) is 0 Å². The molecule has 25 heavy (non-hydrogen) atoms. The van der Waals surface area contributed by atoms with Gasteiger partial charge in [-0.2, -0.15) is 0 Å². The van der Waals surface area contributed by atoms with Gasteiger partial charge in [0.25, 0.3) is 0 Å². The highest BCUT2D eigenvalue weighted by molar-refractivity contribution is 5.88. The van der Waals surface area contributed by atoms with Crippen LogP contribution in [0, 0.1) is 5.92 Å². The molecule has 2 rings (SSSR count). The highest BCUT2D eigenvalue weighted by Gasteiger charge is 2.47. The SMILES string of the molecule is CCCC(=O)O[C@H]1C(=O)C[C@@H](O)[C@H]1[C@H](O)CCCCc1ccccc1. The molecule has 0 heterocycles. The number of carbonyl (C=O) groups is 2. The van der Waals surface area contributed by atoms with Crippen LogP contribution >= 0.6 is 0 Å². The first-order valence-corrected chi connectivity index (χ1v) is 9.15. The Morgan fingerprint density at radius 2 is 2.00 bits per heavy atom. The van der Waals surface area contributed by atoms with Crippen molar-refractivity contribution in [3.63, 3.8) is 0 Å². The Morgan fingerprint density at radius 3 is 2.68 bits per heavy atom. The molecule has 0 radical (unpaired) electrons. The second-order valence-corrected chi connectivity index (χ2v) is 6.77. The number of ketones is 1. The lowest BCUT2D eigenvalue weighted by molar-refractivity contribution is -0.159. The lowest BCUT2D eigenvalue weighted by Crippen LogP contribution is -2.39. The Morgan fingerprint density at radius 1 is 1.28 bits per heavy atom. The van der Waals surface area contributed by atoms with Crippen molar-refractivity contribution in [2.45, 2.75) is 70.2 Å². The van der Waals surface area contributed by atoms with Gasteiger partial charge in [0.15, 0.2) is 11.9 Å². The molecule has 0 spiro atoms. The van der Waals surface area contributed by atoms with Crippen molar-refractivity contribution in [2.24, 2.45) is 5.92 Å². The molecule has 0 aromatic heterocycles. The van der Waals surface area contributed by atoms with Gasteiger partial charge in [0.2, 0.25) is 0 Å². The zero-order valence-electron chi connectivity index (χ0n) is 14.8. The van der Waals surface area contributed by atoms with Crippen LogP contribution in [0.25, 0.3) is 0 Å². The van der Waals surface area contributed by atoms with Gasteiger partial charge < -0.3 is 14.9 Å². The van der Waals surface area contributed by atoms with Gasteiger partial charge in [-0.05, 0) is 31.2 Å². The number of benzene rings is 1. The minimum Gasteiger partial charge on any atom is -0.454 e. The molecular formula is C20H28O5. The molecule has 0 aliphatic heterocycles. The Hall–Kier alpha value is -1.72. The number of aliphatic hydroxyl groups is 2. The number of aliphatic hydroxyl groups excluding tert-OH is 2. The fraction of sp³-hybridized carbons (Fsp3) is 0.600. The third-order valence-electron chi connectivity index (χ3n) is 4.74. The van der Waals surface area contributed by atoms with E-state index in [1.807, 2.05) is 25.1 Å². The molecular weight excluding hydrogens is 320 g/mol. The van der Waals surface area contributed by atoms with Crippen molar-refractivity contribution in [1.29, 1.82) is 0 Å². The van der Waals surface area contributed by atoms with Crippen LogP contribution in [0.5, 0.6) is 0 Å². The minimum absolute atomic E-state index is 0.0597. The summed E-state index contributed by atoms with van der Waals surface area (Å²) in [5.41, 5.74) is 1.25. The van der Waals surface area contributed by atoms with Gasteiger partial charge in [-0.3, -0.25) is 9.59 Å². The topological polar surface area (TPSA) is 83.8 Å². The standard InChI is InChI=1S/C20H28O5/c1-2-8-18(24)25-20-17(23)13-16(22)19(20)15(21)12-7-6-11-14-9-4-3-5-10-14/h3-5,9-10,15-16,19-22H,2,6-8,11-13H2,1H3/t15-,16-,19-,20+/m1/s1. The molecule has 0 saturated heterocycles. The molecule has 5 heteroatoms. The maximum Gasteiger partial charge on any atom is 0.306 e. The van der Waals surface area contributed by atoms with E-state index in [-0.39, 0.29) is 18.6 Å². The number of esters is 1. The first-order valence-electron chi connectivity index (χ1n) is 9.15. The first kappa shape index (κ1) is 19.6. The molecule has 1 aliphatic rings. The highest BCUT2D eigenvalue weighted by atomic mass is 16.5. The van der Waals surface area contributed by atoms with Crippen molar-refractivity contribution in [1.82, 2.24) is 0 Å². The number of Topliss-reactive ketones (excluding diaryl/α,β-unsaturated/α-hetero) is 1. The number of unbranched alkanes of at least 4 members (excludes halogenated alkanes) is 1. The van der Waals surface area contributed by atoms with Crippen molar-refractivity contribution in [2.75, 3.05) is 0 Å². The van der Waals surface area contributed by atoms with Crippen LogP contribution in [0.15, 0.2) is 30.3 Å². The molecule has 4 atom stereocenters. The van der Waals surface area contributed by atoms with E-state index < -0.39 is 30.2 Å². The molecule has 2 N–H and O–H groups in total. The summed E-state index contributed by atoms with van der Waals surface area (Å²) in [6.45, 7) is 1.85. The molecule has 0 unspecified atom stereocenters. The van der Waals surface area contributed by atoms with Crippen LogP contribution in [-0.4, -0.2) is 40.3 Å². The van der Waals surface area contributed by atoms with Gasteiger partial charge >= 0.3 is 5.97 Å². The lowest BCUT2D eigenvalue weighted by atomic mass is 9.92. The van der Waals surface area contributed by atoms with Gasteiger partial charge in [-0.25, -0.2) is 0 Å². The van der Waals surface area contributed by atoms with Crippen molar-refractivity contribution < 1.29 is 24.5 Å². The van der Waals surface area contributed by atoms with E-state index in [4.69, 9.17) is 4.74 Å². The van der Waals surface area contributed by atoms with Gasteiger partial charge in [0.05, 0.1) is 18.1 Å². The number of hydrogen-bond acceptors (Lipinski definition) is 5. The van der Waals surface area contributed by atoms with Crippen LogP contribution < -0.4 is 0 Å². The molecule has 1 fully saturated rings. The molecule has 0 amide bonds. The fourth-order valence-electron chi connectivity index (χ4n) is 3.40. The monoisotopic (exact) mass is 348 g/mol. The predicted molar refractivity (Wildman–Crippen MR) is 93.9 cm³/mol. The second kappa shape index (κ2) is 9.68. The van der Waals surface area contributed by atoms with Crippen molar-refractivity contribution in [3.8, 4) is 0 Å². The van der Waals surface area contributed by atoms with E-state index in [9.17, 15) is 19.8 Å². The van der Waals surface area contributed by atoms with Crippen molar-refractivity contribution >= 4 is 11.8 Å². The normalized spacial score (nSPS) is 24.3. The van der Waals surface area contributed by atoms with E-state index in [0.29, 0.717) is 12.8 Å². The number of carbonyl (C=O) groups excluding carboxylic acids is 2. The van der Waals surface area contributed by atoms with Crippen LogP contribution in [-0.2, 0) is 20.7 Å². The number of hydrogen-bond donors (Lipinski definition) is 2. The molecule has 0 bridgehead atoms. The maximum absolute atomic E-state index is 12.0. The molecule has 138 valence electrons. The summed E-state index contributed by atoms with van der Waals surface area (Å²) < 4.78 is 5.24. The zero-order valence-corrected chi connectivity index (χ0v) is 14.8. The van der Waals surface area contributed by atoms with E-state index in [1.54, 1.807) is 0 Å². The van der Waals surface area contributed by atoms with Gasteiger partial charge in [0.1, 0.15) is 0 Å². The summed E-state index contributed by atoms with van der Waals surface area (Å²) in [6, 6.07) is 10.1. The van der Waals surface area contributed by atoms with Gasteiger partial charge in [-0.1, -0.05) is 43.7 Å². The molecule has 1 aromatic rings. The third kappa shape index (κ3) is 5.65. The summed E-state index contributed by atoms with van der Waals surface area (Å²) in [7, 11) is 0. The maximum atomic E-state index is 12.0. The first-order chi connectivity index (χ1) is 12.0. The molecule has 1 aliphatic carbocycles. The third-order valence-corrected chi connectivity index (χ3v) is 4.74. The van der Waals surface area contributed by atoms with Gasteiger partial charge in [0, 0.05) is 12.8 Å². The van der Waals surface area contributed by atoms with E-state index in [0.717, 1.165) is 19.3 Å². The summed E-state index contributed by atoms with van der Waals surface area (Å²) >= 11 is 0. The Balaban J connectivity index is 1.83. The van der Waals surface area contributed by atoms with E-state index in [1.165, 1.54) is 5.56 Å². The molecule has 1 saturated carbocycles. The van der Waals surface area contributed by atoms with Crippen molar-refractivity contribution in [3.05, 3.63) is 35.9 Å². The summed E-state index contributed by atoms with van der Waals surface area (Å²) in [4.78, 5) is 23.7. The quantitative estimate of drug-likeness (QED) is 0.529. The average molecular weight is 348 g/mol. The van der Waals surface area contributed by atoms with Crippen LogP contribution in [0.2, 0.25) is 0 Å². The number of ether oxygens (including phenoxy) is 1. The molecule has 5 nitrogen and oxygen atoms in total. The summed E-state index contributed by atoms with van der Waals surface area (Å²) in [6.07, 6.45) is 1.09. The fourth-order valence-corrected chi connectivity index (χ4v) is 3.40. The zero-order chi connectivity index (χ0) is 18.2. The van der Waals surface area contributed by atoms with Gasteiger partial charge in [-0.15, -0.1) is 0 Å². The smallest absolute Gasteiger partial charge is 0.306 e. The average Bonchev–Trinajstić information content (AvgIpc) is 2.86. The van der Waals surface area contributed by atoms with Crippen LogP contribution in [0.4, 0.5) is 0 Å². The van der Waals surface area contributed by atoms with Crippen LogP contribution in [0.1, 0.15) is 51.0 Å². The second-order valence-electron chi connectivity index (χ2n) is 6.77. The molecule has 1 aromatic carbocycles. The van der Waals surface area contributed by atoms with E-state index >= 15 is 0 Å². The Bertz CT molecular complexity index is 556. The lowest BCUT2D eigenvalue weighted by Gasteiger charge is -2.26. The van der Waals surface area contributed by atoms with E-state index in [2.05, 4.69) is 12.1 Å². The highest BCUT2D eigenvalue weighted by Crippen LogP contribution is 2.31. The summed E-state index contributed by atoms with van der Waals surface area (Å²) in [5, 5.41) is 20.5. The Labute approximate surface area is 149 Å². The predicted octanol–water partition coefficient (Wildman–Crippen LogP) is 2.42.